The minimum Gasteiger partial charge on any atom is -0.423 e. The minimum atomic E-state index is -0.346. The molecule has 22 heavy (non-hydrogen) atoms. The Kier molecular flexibility index (Phi) is 4.01. The molecule has 0 aromatic heterocycles. The van der Waals surface area contributed by atoms with Gasteiger partial charge in [-0.2, -0.15) is 0 Å². The zero-order valence-electron chi connectivity index (χ0n) is 12.3. The van der Waals surface area contributed by atoms with Crippen LogP contribution in [0.4, 0.5) is 0 Å². The molecule has 3 rings (SSSR count). The zero-order valence-corrected chi connectivity index (χ0v) is 12.3. The molecule has 108 valence electrons. The predicted octanol–water partition coefficient (Wildman–Crippen LogP) is 4.88. The second-order valence-electron chi connectivity index (χ2n) is 5.15. The third-order valence-corrected chi connectivity index (χ3v) is 3.46. The van der Waals surface area contributed by atoms with Crippen LogP contribution in [0.5, 0.6) is 5.75 Å². The van der Waals surface area contributed by atoms with Crippen molar-refractivity contribution >= 4 is 5.97 Å². The van der Waals surface area contributed by atoms with Crippen LogP contribution < -0.4 is 4.74 Å². The van der Waals surface area contributed by atoms with Gasteiger partial charge < -0.3 is 4.74 Å². The maximum Gasteiger partial charge on any atom is 0.343 e. The summed E-state index contributed by atoms with van der Waals surface area (Å²) < 4.78 is 5.32. The highest BCUT2D eigenvalue weighted by atomic mass is 16.5. The van der Waals surface area contributed by atoms with Gasteiger partial charge in [0.05, 0.1) is 5.56 Å². The standard InChI is InChI=1S/C20H16O2/c1-15-7-9-16(10-8-15)17-11-13-18(14-12-17)20(21)22-19-5-3-2-4-6-19/h2-14H,1H3. The van der Waals surface area contributed by atoms with Gasteiger partial charge in [0.2, 0.25) is 0 Å². The van der Waals surface area contributed by atoms with Crippen molar-refractivity contribution in [1.29, 1.82) is 0 Å². The van der Waals surface area contributed by atoms with Gasteiger partial charge in [-0.15, -0.1) is 0 Å². The molecule has 3 aromatic rings. The quantitative estimate of drug-likeness (QED) is 0.507. The second kappa shape index (κ2) is 6.27. The average molecular weight is 288 g/mol. The van der Waals surface area contributed by atoms with Gasteiger partial charge in [0.1, 0.15) is 5.75 Å². The summed E-state index contributed by atoms with van der Waals surface area (Å²) in [7, 11) is 0. The molecule has 0 amide bonds. The Hall–Kier alpha value is -2.87. The van der Waals surface area contributed by atoms with E-state index in [0.29, 0.717) is 11.3 Å². The Morgan fingerprint density at radius 1 is 0.727 bits per heavy atom. The summed E-state index contributed by atoms with van der Waals surface area (Å²) in [5, 5.41) is 0. The van der Waals surface area contributed by atoms with Gasteiger partial charge in [-0.3, -0.25) is 0 Å². The minimum absolute atomic E-state index is 0.346. The highest BCUT2D eigenvalue weighted by molar-refractivity contribution is 5.91. The van der Waals surface area contributed by atoms with Crippen LogP contribution >= 0.6 is 0 Å². The summed E-state index contributed by atoms with van der Waals surface area (Å²) in [6, 6.07) is 24.8. The third kappa shape index (κ3) is 3.23. The Balaban J connectivity index is 1.76. The van der Waals surface area contributed by atoms with E-state index in [-0.39, 0.29) is 5.97 Å². The number of esters is 1. The van der Waals surface area contributed by atoms with Crippen molar-refractivity contribution in [3.63, 3.8) is 0 Å². The summed E-state index contributed by atoms with van der Waals surface area (Å²) in [4.78, 5) is 12.1. The molecule has 0 heterocycles. The van der Waals surface area contributed by atoms with Crippen LogP contribution in [0.25, 0.3) is 11.1 Å². The number of hydrogen-bond acceptors (Lipinski definition) is 2. The molecular weight excluding hydrogens is 272 g/mol. The van der Waals surface area contributed by atoms with Crippen molar-refractivity contribution in [1.82, 2.24) is 0 Å². The Bertz CT molecular complexity index is 757. The molecule has 0 saturated heterocycles. The van der Waals surface area contributed by atoms with Crippen molar-refractivity contribution in [3.05, 3.63) is 90.0 Å². The van der Waals surface area contributed by atoms with Crippen LogP contribution in [0, 0.1) is 6.92 Å². The van der Waals surface area contributed by atoms with Gasteiger partial charge in [-0.05, 0) is 42.3 Å². The number of aryl methyl sites for hydroxylation is 1. The zero-order chi connectivity index (χ0) is 15.4. The van der Waals surface area contributed by atoms with Gasteiger partial charge in [0.15, 0.2) is 0 Å². The highest BCUT2D eigenvalue weighted by Gasteiger charge is 2.08. The first-order valence-corrected chi connectivity index (χ1v) is 7.17. The van der Waals surface area contributed by atoms with E-state index in [4.69, 9.17) is 4.74 Å². The topological polar surface area (TPSA) is 26.3 Å². The molecule has 2 heteroatoms. The molecule has 0 spiro atoms. The number of rotatable bonds is 3. The molecular formula is C20H16O2. The lowest BCUT2D eigenvalue weighted by atomic mass is 10.0. The van der Waals surface area contributed by atoms with E-state index in [0.717, 1.165) is 11.1 Å². The van der Waals surface area contributed by atoms with Crippen molar-refractivity contribution in [2.24, 2.45) is 0 Å². The van der Waals surface area contributed by atoms with E-state index in [1.165, 1.54) is 5.56 Å². The van der Waals surface area contributed by atoms with Gasteiger partial charge >= 0.3 is 5.97 Å². The van der Waals surface area contributed by atoms with Crippen LogP contribution in [-0.4, -0.2) is 5.97 Å². The monoisotopic (exact) mass is 288 g/mol. The number of ether oxygens (including phenoxy) is 1. The summed E-state index contributed by atoms with van der Waals surface area (Å²) in [5.41, 5.74) is 3.98. The molecule has 0 bridgehead atoms. The molecule has 0 atom stereocenters. The molecule has 0 unspecified atom stereocenters. The summed E-state index contributed by atoms with van der Waals surface area (Å²) in [6.45, 7) is 2.06. The number of para-hydroxylation sites is 1. The Labute approximate surface area is 130 Å². The SMILES string of the molecule is Cc1ccc(-c2ccc(C(=O)Oc3ccccc3)cc2)cc1. The van der Waals surface area contributed by atoms with E-state index >= 15 is 0 Å². The van der Waals surface area contributed by atoms with E-state index in [2.05, 4.69) is 31.2 Å². The van der Waals surface area contributed by atoms with E-state index in [9.17, 15) is 4.79 Å². The molecule has 0 saturated carbocycles. The number of carbonyl (C=O) groups is 1. The molecule has 0 radical (unpaired) electrons. The smallest absolute Gasteiger partial charge is 0.343 e. The first-order valence-electron chi connectivity index (χ1n) is 7.17. The van der Waals surface area contributed by atoms with Crippen molar-refractivity contribution in [3.8, 4) is 16.9 Å². The average Bonchev–Trinajstić information content (AvgIpc) is 2.57. The predicted molar refractivity (Wildman–Crippen MR) is 88.0 cm³/mol. The van der Waals surface area contributed by atoms with Crippen LogP contribution in [-0.2, 0) is 0 Å². The lowest BCUT2D eigenvalue weighted by Gasteiger charge is -2.06. The highest BCUT2D eigenvalue weighted by Crippen LogP contribution is 2.21. The van der Waals surface area contributed by atoms with Crippen LogP contribution in [0.15, 0.2) is 78.9 Å². The van der Waals surface area contributed by atoms with Crippen molar-refractivity contribution < 1.29 is 9.53 Å². The van der Waals surface area contributed by atoms with Crippen LogP contribution in [0.3, 0.4) is 0 Å². The molecule has 0 N–H and O–H groups in total. The van der Waals surface area contributed by atoms with Crippen molar-refractivity contribution in [2.45, 2.75) is 6.92 Å². The van der Waals surface area contributed by atoms with E-state index < -0.39 is 0 Å². The fourth-order valence-corrected chi connectivity index (χ4v) is 2.20. The maximum absolute atomic E-state index is 12.1. The summed E-state index contributed by atoms with van der Waals surface area (Å²) >= 11 is 0. The maximum atomic E-state index is 12.1. The molecule has 0 aliphatic rings. The number of benzene rings is 3. The first kappa shape index (κ1) is 14.1. The lowest BCUT2D eigenvalue weighted by molar-refractivity contribution is 0.0735. The van der Waals surface area contributed by atoms with Gasteiger partial charge in [0, 0.05) is 0 Å². The molecule has 0 aliphatic heterocycles. The fourth-order valence-electron chi connectivity index (χ4n) is 2.20. The van der Waals surface area contributed by atoms with Crippen LogP contribution in [0.1, 0.15) is 15.9 Å². The summed E-state index contributed by atoms with van der Waals surface area (Å²) in [5.74, 6) is 0.205. The van der Waals surface area contributed by atoms with Gasteiger partial charge in [-0.25, -0.2) is 4.79 Å². The Morgan fingerprint density at radius 3 is 1.86 bits per heavy atom. The molecule has 0 fully saturated rings. The largest absolute Gasteiger partial charge is 0.423 e. The third-order valence-electron chi connectivity index (χ3n) is 3.46. The van der Waals surface area contributed by atoms with Crippen LogP contribution in [0.2, 0.25) is 0 Å². The van der Waals surface area contributed by atoms with E-state index in [1.54, 1.807) is 24.3 Å². The van der Waals surface area contributed by atoms with Gasteiger partial charge in [-0.1, -0.05) is 60.2 Å². The number of carbonyl (C=O) groups excluding carboxylic acids is 1. The summed E-state index contributed by atoms with van der Waals surface area (Å²) in [6.07, 6.45) is 0. The van der Waals surface area contributed by atoms with Gasteiger partial charge in [0.25, 0.3) is 0 Å². The number of hydrogen-bond donors (Lipinski definition) is 0. The Morgan fingerprint density at radius 2 is 1.27 bits per heavy atom. The molecule has 0 aliphatic carbocycles. The molecule has 2 nitrogen and oxygen atoms in total. The van der Waals surface area contributed by atoms with Crippen molar-refractivity contribution in [2.75, 3.05) is 0 Å². The fraction of sp³-hybridized carbons (Fsp3) is 0.0500. The van der Waals surface area contributed by atoms with E-state index in [1.807, 2.05) is 30.3 Å². The lowest BCUT2D eigenvalue weighted by Crippen LogP contribution is -2.08. The first-order chi connectivity index (χ1) is 10.7. The normalized spacial score (nSPS) is 10.2. The molecule has 3 aromatic carbocycles. The second-order valence-corrected chi connectivity index (χ2v) is 5.15.